The van der Waals surface area contributed by atoms with E-state index in [1.807, 2.05) is 36.5 Å². The molecule has 2 aromatic heterocycles. The molecule has 4 rings (SSSR count). The molecule has 0 radical (unpaired) electrons. The summed E-state index contributed by atoms with van der Waals surface area (Å²) >= 11 is 6.31. The molecule has 0 saturated heterocycles. The third-order valence-corrected chi connectivity index (χ3v) is 5.62. The van der Waals surface area contributed by atoms with Crippen molar-refractivity contribution in [2.24, 2.45) is 5.73 Å². The quantitative estimate of drug-likeness (QED) is 0.695. The third-order valence-electron chi connectivity index (χ3n) is 5.29. The highest BCUT2D eigenvalue weighted by Crippen LogP contribution is 2.38. The fourth-order valence-corrected chi connectivity index (χ4v) is 4.01. The molecule has 2 atom stereocenters. The van der Waals surface area contributed by atoms with Crippen LogP contribution < -0.4 is 11.1 Å². The van der Waals surface area contributed by atoms with Crippen molar-refractivity contribution in [2.75, 3.05) is 5.32 Å². The largest absolute Gasteiger partial charge is 0.377 e. The smallest absolute Gasteiger partial charge is 0.252 e. The lowest BCUT2D eigenvalue weighted by Gasteiger charge is -2.26. The zero-order chi connectivity index (χ0) is 19.2. The molecule has 1 aromatic carbocycles. The van der Waals surface area contributed by atoms with Crippen LogP contribution in [0.25, 0.3) is 16.6 Å². The number of fused-ring (bicyclic) bond motifs is 1. The zero-order valence-electron chi connectivity index (χ0n) is 14.9. The van der Waals surface area contributed by atoms with Crippen molar-refractivity contribution in [3.63, 3.8) is 0 Å². The Morgan fingerprint density at radius 1 is 1.44 bits per heavy atom. The molecule has 1 fully saturated rings. The minimum Gasteiger partial charge on any atom is -0.377 e. The normalized spacial score (nSPS) is 22.3. The molecule has 3 N–H and O–H groups in total. The summed E-state index contributed by atoms with van der Waals surface area (Å²) in [7, 11) is 0. The number of nitrogens with one attached hydrogen (secondary N) is 1. The topological polar surface area (TPSA) is 72.4 Å². The van der Waals surface area contributed by atoms with Crippen LogP contribution >= 0.6 is 11.6 Å². The van der Waals surface area contributed by atoms with Gasteiger partial charge in [0, 0.05) is 22.3 Å². The Hall–Kier alpha value is -2.60. The second-order valence-corrected chi connectivity index (χ2v) is 7.61. The van der Waals surface area contributed by atoms with E-state index in [0.29, 0.717) is 29.1 Å². The van der Waals surface area contributed by atoms with E-state index in [-0.39, 0.29) is 11.6 Å². The van der Waals surface area contributed by atoms with Crippen LogP contribution in [-0.2, 0) is 0 Å². The first-order valence-electron chi connectivity index (χ1n) is 8.88. The Kier molecular flexibility index (Phi) is 4.30. The summed E-state index contributed by atoms with van der Waals surface area (Å²) in [5.74, 6) is -0.605. The van der Waals surface area contributed by atoms with E-state index in [1.165, 1.54) is 6.20 Å². The minimum atomic E-state index is -1.34. The number of aromatic nitrogens is 2. The maximum Gasteiger partial charge on any atom is 0.252 e. The average Bonchev–Trinajstić information content (AvgIpc) is 3.18. The highest BCUT2D eigenvalue weighted by Gasteiger charge is 2.39. The first-order valence-corrected chi connectivity index (χ1v) is 9.26. The summed E-state index contributed by atoms with van der Waals surface area (Å²) < 4.78 is 16.4. The monoisotopic (exact) mass is 386 g/mol. The van der Waals surface area contributed by atoms with Crippen molar-refractivity contribution in [1.82, 2.24) is 9.61 Å². The maximum atomic E-state index is 14.8. The molecular formula is C20H20ClFN4O. The van der Waals surface area contributed by atoms with Gasteiger partial charge >= 0.3 is 0 Å². The molecule has 0 aliphatic heterocycles. The van der Waals surface area contributed by atoms with E-state index in [0.717, 1.165) is 17.5 Å². The Balaban J connectivity index is 1.86. The van der Waals surface area contributed by atoms with Gasteiger partial charge in [-0.3, -0.25) is 4.79 Å². The van der Waals surface area contributed by atoms with Gasteiger partial charge in [-0.1, -0.05) is 29.8 Å². The van der Waals surface area contributed by atoms with Gasteiger partial charge in [-0.15, -0.1) is 0 Å². The van der Waals surface area contributed by atoms with Crippen molar-refractivity contribution in [3.05, 3.63) is 53.3 Å². The summed E-state index contributed by atoms with van der Waals surface area (Å²) in [6.45, 7) is 1.59. The summed E-state index contributed by atoms with van der Waals surface area (Å²) in [5, 5.41) is 8.14. The predicted molar refractivity (Wildman–Crippen MR) is 105 cm³/mol. The number of hydrogen-bond acceptors (Lipinski definition) is 3. The third kappa shape index (κ3) is 3.14. The number of hydrogen-bond donors (Lipinski definition) is 2. The van der Waals surface area contributed by atoms with Crippen LogP contribution in [0.1, 0.15) is 36.5 Å². The first-order chi connectivity index (χ1) is 12.9. The fraction of sp³-hybridized carbons (Fsp3) is 0.300. The number of rotatable bonds is 4. The molecule has 140 valence electrons. The molecule has 5 nitrogen and oxygen atoms in total. The molecule has 7 heteroatoms. The van der Waals surface area contributed by atoms with Gasteiger partial charge in [0.05, 0.1) is 29.0 Å². The van der Waals surface area contributed by atoms with Gasteiger partial charge in [-0.05, 0) is 38.3 Å². The van der Waals surface area contributed by atoms with E-state index in [1.54, 1.807) is 11.4 Å². The number of benzene rings is 1. The molecule has 1 saturated carbocycles. The molecule has 2 heterocycles. The number of halogens is 2. The minimum absolute atomic E-state index is 0.244. The average molecular weight is 387 g/mol. The number of amides is 1. The highest BCUT2D eigenvalue weighted by atomic mass is 35.5. The molecule has 0 spiro atoms. The zero-order valence-corrected chi connectivity index (χ0v) is 15.6. The fourth-order valence-electron chi connectivity index (χ4n) is 3.76. The SMILES string of the molecule is C[C@]1(F)CCC[C@H]1Nc1c(C(N)=O)cnn2cc(-c3ccccc3Cl)cc12. The second-order valence-electron chi connectivity index (χ2n) is 7.20. The van der Waals surface area contributed by atoms with Crippen LogP contribution in [0.3, 0.4) is 0 Å². The van der Waals surface area contributed by atoms with E-state index in [4.69, 9.17) is 17.3 Å². The number of carbonyl (C=O) groups is 1. The molecule has 0 bridgehead atoms. The highest BCUT2D eigenvalue weighted by molar-refractivity contribution is 6.33. The van der Waals surface area contributed by atoms with Crippen LogP contribution in [0.15, 0.2) is 42.7 Å². The van der Waals surface area contributed by atoms with Crippen molar-refractivity contribution in [2.45, 2.75) is 37.9 Å². The van der Waals surface area contributed by atoms with Crippen LogP contribution in [0, 0.1) is 0 Å². The lowest BCUT2D eigenvalue weighted by Crippen LogP contribution is -2.36. The Morgan fingerprint density at radius 3 is 2.89 bits per heavy atom. The number of primary amides is 1. The Morgan fingerprint density at radius 2 is 2.22 bits per heavy atom. The van der Waals surface area contributed by atoms with Crippen LogP contribution in [-0.4, -0.2) is 27.2 Å². The van der Waals surface area contributed by atoms with Gasteiger partial charge in [0.15, 0.2) is 0 Å². The van der Waals surface area contributed by atoms with Crippen LogP contribution in [0.4, 0.5) is 10.1 Å². The molecule has 0 unspecified atom stereocenters. The standard InChI is InChI=1S/C20H20ClFN4O/c1-20(22)8-4-7-17(20)25-18-14(19(23)27)10-24-26-11-12(9-16(18)26)13-5-2-3-6-15(13)21/h2-3,5-6,9-11,17,25H,4,7-8H2,1H3,(H2,23,27)/t17-,20+/m1/s1. The van der Waals surface area contributed by atoms with Crippen molar-refractivity contribution < 1.29 is 9.18 Å². The van der Waals surface area contributed by atoms with Crippen molar-refractivity contribution >= 4 is 28.7 Å². The van der Waals surface area contributed by atoms with Gasteiger partial charge in [-0.2, -0.15) is 5.10 Å². The number of nitrogens with two attached hydrogens (primary N) is 1. The van der Waals surface area contributed by atoms with Gasteiger partial charge in [0.1, 0.15) is 5.67 Å². The number of alkyl halides is 1. The summed E-state index contributed by atoms with van der Waals surface area (Å²) in [4.78, 5) is 11.9. The maximum absolute atomic E-state index is 14.8. The number of nitrogens with zero attached hydrogens (tertiary/aromatic N) is 2. The summed E-state index contributed by atoms with van der Waals surface area (Å²) in [6, 6.07) is 8.98. The molecule has 27 heavy (non-hydrogen) atoms. The lowest BCUT2D eigenvalue weighted by molar-refractivity contribution is 0.1000. The Bertz CT molecular complexity index is 1030. The Labute approximate surface area is 161 Å². The van der Waals surface area contributed by atoms with Crippen molar-refractivity contribution in [1.29, 1.82) is 0 Å². The van der Waals surface area contributed by atoms with Gasteiger partial charge in [-0.25, -0.2) is 8.91 Å². The second kappa shape index (κ2) is 6.53. The van der Waals surface area contributed by atoms with Crippen molar-refractivity contribution in [3.8, 4) is 11.1 Å². The lowest BCUT2D eigenvalue weighted by atomic mass is 10.0. The van der Waals surface area contributed by atoms with E-state index in [9.17, 15) is 9.18 Å². The molecule has 1 aliphatic carbocycles. The number of anilines is 1. The van der Waals surface area contributed by atoms with Gasteiger partial charge in [0.25, 0.3) is 5.91 Å². The summed E-state index contributed by atoms with van der Waals surface area (Å²) in [5.41, 5.74) is 7.32. The van der Waals surface area contributed by atoms with E-state index >= 15 is 0 Å². The van der Waals surface area contributed by atoms with Crippen LogP contribution in [0.5, 0.6) is 0 Å². The molecule has 3 aromatic rings. The summed E-state index contributed by atoms with van der Waals surface area (Å²) in [6.07, 6.45) is 5.22. The molecule has 1 aliphatic rings. The van der Waals surface area contributed by atoms with Gasteiger partial charge in [0.2, 0.25) is 0 Å². The number of carbonyl (C=O) groups excluding carboxylic acids is 1. The van der Waals surface area contributed by atoms with E-state index < -0.39 is 11.6 Å². The van der Waals surface area contributed by atoms with Gasteiger partial charge < -0.3 is 11.1 Å². The van der Waals surface area contributed by atoms with Crippen LogP contribution in [0.2, 0.25) is 5.02 Å². The first kappa shape index (κ1) is 17.8. The molecular weight excluding hydrogens is 367 g/mol. The molecule has 1 amide bonds. The predicted octanol–water partition coefficient (Wildman–Crippen LogP) is 4.45. The van der Waals surface area contributed by atoms with E-state index in [2.05, 4.69) is 10.4 Å².